The maximum absolute atomic E-state index is 10.6. The molecule has 0 saturated carbocycles. The van der Waals surface area contributed by atoms with Crippen molar-refractivity contribution in [1.82, 2.24) is 9.97 Å². The highest BCUT2D eigenvalue weighted by Gasteiger charge is 1.90. The maximum atomic E-state index is 10.6. The van der Waals surface area contributed by atoms with Gasteiger partial charge in [-0.3, -0.25) is 4.79 Å². The van der Waals surface area contributed by atoms with Gasteiger partial charge in [-0.15, -0.1) is 24.8 Å². The summed E-state index contributed by atoms with van der Waals surface area (Å²) < 4.78 is 0. The predicted molar refractivity (Wildman–Crippen MR) is 52.1 cm³/mol. The van der Waals surface area contributed by atoms with Crippen molar-refractivity contribution >= 4 is 24.8 Å². The molecule has 0 fully saturated rings. The Morgan fingerprint density at radius 3 is 2.67 bits per heavy atom. The van der Waals surface area contributed by atoms with E-state index in [0.29, 0.717) is 13.0 Å². The second-order valence-corrected chi connectivity index (χ2v) is 1.94. The molecule has 70 valence electrons. The van der Waals surface area contributed by atoms with Crippen LogP contribution in [0.15, 0.2) is 17.2 Å². The minimum atomic E-state index is -0.126. The molecule has 4 nitrogen and oxygen atoms in total. The van der Waals surface area contributed by atoms with Crippen molar-refractivity contribution < 1.29 is 0 Å². The summed E-state index contributed by atoms with van der Waals surface area (Å²) in [4.78, 5) is 16.9. The van der Waals surface area contributed by atoms with Crippen molar-refractivity contribution in [3.05, 3.63) is 28.4 Å². The molecule has 3 N–H and O–H groups in total. The van der Waals surface area contributed by atoms with Crippen molar-refractivity contribution in [2.24, 2.45) is 5.73 Å². The van der Waals surface area contributed by atoms with E-state index in [1.54, 1.807) is 0 Å². The summed E-state index contributed by atoms with van der Waals surface area (Å²) in [5.41, 5.74) is 5.87. The zero-order valence-corrected chi connectivity index (χ0v) is 7.95. The van der Waals surface area contributed by atoms with Crippen molar-refractivity contribution in [1.29, 1.82) is 0 Å². The van der Waals surface area contributed by atoms with Gasteiger partial charge in [0.25, 0.3) is 5.56 Å². The Kier molecular flexibility index (Phi) is 8.26. The molecule has 1 aromatic rings. The lowest BCUT2D eigenvalue weighted by atomic mass is 10.3. The van der Waals surface area contributed by atoms with Gasteiger partial charge in [0.1, 0.15) is 0 Å². The lowest BCUT2D eigenvalue weighted by molar-refractivity contribution is 0.901. The Bertz CT molecular complexity index is 263. The molecule has 1 rings (SSSR count). The van der Waals surface area contributed by atoms with Crippen molar-refractivity contribution in [3.63, 3.8) is 0 Å². The Labute approximate surface area is 82.4 Å². The van der Waals surface area contributed by atoms with E-state index in [4.69, 9.17) is 5.73 Å². The Balaban J connectivity index is 0. The van der Waals surface area contributed by atoms with E-state index in [-0.39, 0.29) is 30.4 Å². The lowest BCUT2D eigenvalue weighted by Gasteiger charge is -1.92. The number of nitrogens with one attached hydrogen (secondary N) is 1. The van der Waals surface area contributed by atoms with E-state index in [1.165, 1.54) is 12.4 Å². The largest absolute Gasteiger partial charge is 0.330 e. The molecule has 0 spiro atoms. The van der Waals surface area contributed by atoms with Gasteiger partial charge in [0, 0.05) is 18.2 Å². The molecule has 0 saturated heterocycles. The minimum Gasteiger partial charge on any atom is -0.330 e. The van der Waals surface area contributed by atoms with Crippen molar-refractivity contribution in [3.8, 4) is 0 Å². The van der Waals surface area contributed by atoms with Gasteiger partial charge in [-0.1, -0.05) is 0 Å². The molecule has 0 radical (unpaired) electrons. The molecule has 0 aliphatic heterocycles. The van der Waals surface area contributed by atoms with E-state index in [2.05, 4.69) is 9.97 Å². The monoisotopic (exact) mass is 211 g/mol. The minimum absolute atomic E-state index is 0. The van der Waals surface area contributed by atoms with Gasteiger partial charge in [-0.25, -0.2) is 4.98 Å². The third-order valence-electron chi connectivity index (χ3n) is 1.14. The predicted octanol–water partition coefficient (Wildman–Crippen LogP) is 0.115. The first-order valence-corrected chi connectivity index (χ1v) is 3.06. The molecule has 0 aromatic carbocycles. The van der Waals surface area contributed by atoms with Gasteiger partial charge in [0.05, 0.1) is 6.33 Å². The van der Waals surface area contributed by atoms with Crippen LogP contribution in [0.5, 0.6) is 0 Å². The van der Waals surface area contributed by atoms with E-state index in [0.717, 1.165) is 5.69 Å². The molecule has 0 bridgehead atoms. The normalized spacial score (nSPS) is 8.08. The number of aromatic amines is 1. The fraction of sp³-hybridized carbons (Fsp3) is 0.333. The van der Waals surface area contributed by atoms with Gasteiger partial charge >= 0.3 is 0 Å². The summed E-state index contributed by atoms with van der Waals surface area (Å²) in [6.45, 7) is 0.524. The smallest absolute Gasteiger partial charge is 0.250 e. The molecule has 0 aliphatic carbocycles. The van der Waals surface area contributed by atoms with Crippen LogP contribution in [0.4, 0.5) is 0 Å². The fourth-order valence-corrected chi connectivity index (χ4v) is 0.694. The molecule has 6 heteroatoms. The molecule has 0 amide bonds. The first-order chi connectivity index (χ1) is 4.83. The summed E-state index contributed by atoms with van der Waals surface area (Å²) in [7, 11) is 0. The van der Waals surface area contributed by atoms with Gasteiger partial charge in [0.2, 0.25) is 0 Å². The summed E-state index contributed by atoms with van der Waals surface area (Å²) in [5.74, 6) is 0. The number of H-pyrrole nitrogens is 1. The Morgan fingerprint density at radius 2 is 2.17 bits per heavy atom. The molecular formula is C6H11Cl2N3O. The highest BCUT2D eigenvalue weighted by Crippen LogP contribution is 1.85. The van der Waals surface area contributed by atoms with Gasteiger partial charge in [0.15, 0.2) is 0 Å². The molecule has 0 atom stereocenters. The summed E-state index contributed by atoms with van der Waals surface area (Å²) in [6.07, 6.45) is 2.04. The van der Waals surface area contributed by atoms with E-state index in [1.807, 2.05) is 0 Å². The van der Waals surface area contributed by atoms with Crippen LogP contribution in [-0.4, -0.2) is 16.5 Å². The van der Waals surface area contributed by atoms with Crippen LogP contribution in [0, 0.1) is 0 Å². The third kappa shape index (κ3) is 4.33. The molecule has 0 aliphatic rings. The number of halogens is 2. The molecule has 1 aromatic heterocycles. The van der Waals surface area contributed by atoms with Crippen molar-refractivity contribution in [2.75, 3.05) is 6.54 Å². The number of nitrogens with zero attached hydrogens (tertiary/aromatic N) is 1. The molecular weight excluding hydrogens is 201 g/mol. The van der Waals surface area contributed by atoms with Crippen LogP contribution in [0.2, 0.25) is 0 Å². The second kappa shape index (κ2) is 7.09. The van der Waals surface area contributed by atoms with Crippen LogP contribution in [0.25, 0.3) is 0 Å². The van der Waals surface area contributed by atoms with Crippen LogP contribution in [0.3, 0.4) is 0 Å². The fourth-order valence-electron chi connectivity index (χ4n) is 0.694. The zero-order chi connectivity index (χ0) is 7.40. The van der Waals surface area contributed by atoms with Gasteiger partial charge in [-0.2, -0.15) is 0 Å². The number of nitrogens with two attached hydrogens (primary N) is 1. The maximum Gasteiger partial charge on any atom is 0.250 e. The lowest BCUT2D eigenvalue weighted by Crippen LogP contribution is -2.10. The van der Waals surface area contributed by atoms with Crippen LogP contribution in [-0.2, 0) is 6.42 Å². The van der Waals surface area contributed by atoms with E-state index < -0.39 is 0 Å². The van der Waals surface area contributed by atoms with Crippen LogP contribution in [0.1, 0.15) is 5.69 Å². The second-order valence-electron chi connectivity index (χ2n) is 1.94. The zero-order valence-electron chi connectivity index (χ0n) is 6.32. The summed E-state index contributed by atoms with van der Waals surface area (Å²) in [5, 5.41) is 0. The highest BCUT2D eigenvalue weighted by molar-refractivity contribution is 5.85. The standard InChI is InChI=1S/C6H9N3O.2ClH/c7-2-1-5-3-6(10)9-4-8-5;;/h3-4H,1-2,7H2,(H,8,9,10);2*1H. The average Bonchev–Trinajstić information content (AvgIpc) is 1.88. The Hall–Kier alpha value is -0.580. The van der Waals surface area contributed by atoms with E-state index >= 15 is 0 Å². The first-order valence-electron chi connectivity index (χ1n) is 3.06. The number of aromatic nitrogens is 2. The number of hydrogen-bond donors (Lipinski definition) is 2. The molecule has 0 unspecified atom stereocenters. The van der Waals surface area contributed by atoms with Crippen LogP contribution < -0.4 is 11.3 Å². The number of hydrogen-bond acceptors (Lipinski definition) is 3. The quantitative estimate of drug-likeness (QED) is 0.731. The highest BCUT2D eigenvalue weighted by atomic mass is 35.5. The Morgan fingerprint density at radius 1 is 1.50 bits per heavy atom. The molecule has 1 heterocycles. The van der Waals surface area contributed by atoms with Gasteiger partial charge in [-0.05, 0) is 6.54 Å². The summed E-state index contributed by atoms with van der Waals surface area (Å²) in [6, 6.07) is 1.45. The van der Waals surface area contributed by atoms with Crippen LogP contribution >= 0.6 is 24.8 Å². The van der Waals surface area contributed by atoms with E-state index in [9.17, 15) is 4.79 Å². The summed E-state index contributed by atoms with van der Waals surface area (Å²) >= 11 is 0. The van der Waals surface area contributed by atoms with Crippen molar-refractivity contribution in [2.45, 2.75) is 6.42 Å². The average molecular weight is 212 g/mol. The first kappa shape index (κ1) is 14.0. The topological polar surface area (TPSA) is 71.8 Å². The molecule has 12 heavy (non-hydrogen) atoms. The third-order valence-corrected chi connectivity index (χ3v) is 1.14. The van der Waals surface area contributed by atoms with Gasteiger partial charge < -0.3 is 10.7 Å². The number of rotatable bonds is 2. The SMILES string of the molecule is Cl.Cl.NCCc1cc(=O)[nH]cn1.